The summed E-state index contributed by atoms with van der Waals surface area (Å²) in [7, 11) is 0. The molecule has 0 heterocycles. The van der Waals surface area contributed by atoms with Gasteiger partial charge in [0, 0.05) is 19.6 Å². The van der Waals surface area contributed by atoms with E-state index in [4.69, 9.17) is 4.74 Å². The quantitative estimate of drug-likeness (QED) is 0.513. The van der Waals surface area contributed by atoms with Crippen molar-refractivity contribution in [1.82, 2.24) is 5.32 Å². The Morgan fingerprint density at radius 1 is 0.947 bits per heavy atom. The Morgan fingerprint density at radius 3 is 2.00 bits per heavy atom. The highest BCUT2D eigenvalue weighted by Gasteiger charge is 1.98. The van der Waals surface area contributed by atoms with Crippen LogP contribution in [0.2, 0.25) is 0 Å². The molecule has 0 aliphatic heterocycles. The summed E-state index contributed by atoms with van der Waals surface area (Å²) in [4.78, 5) is 11.2. The maximum Gasteiger partial charge on any atom is 0.219 e. The molecule has 3 heteroatoms. The minimum absolute atomic E-state index is 0.202. The fourth-order valence-electron chi connectivity index (χ4n) is 2.05. The topological polar surface area (TPSA) is 38.3 Å². The van der Waals surface area contributed by atoms with Crippen LogP contribution >= 0.6 is 0 Å². The average molecular weight is 271 g/mol. The van der Waals surface area contributed by atoms with E-state index in [0.29, 0.717) is 12.5 Å². The zero-order valence-corrected chi connectivity index (χ0v) is 13.2. The first kappa shape index (κ1) is 18.4. The Morgan fingerprint density at radius 2 is 1.47 bits per heavy atom. The van der Waals surface area contributed by atoms with E-state index in [-0.39, 0.29) is 5.91 Å². The summed E-state index contributed by atoms with van der Waals surface area (Å²) < 4.78 is 5.51. The van der Waals surface area contributed by atoms with Crippen molar-refractivity contribution in [3.63, 3.8) is 0 Å². The fraction of sp³-hybridized carbons (Fsp3) is 0.938. The van der Waals surface area contributed by atoms with Crippen LogP contribution in [0.15, 0.2) is 0 Å². The summed E-state index contributed by atoms with van der Waals surface area (Å²) in [6.45, 7) is 7.79. The number of hydrogen-bond donors (Lipinski definition) is 1. The third-order valence-electron chi connectivity index (χ3n) is 3.12. The van der Waals surface area contributed by atoms with Crippen LogP contribution in [0.1, 0.15) is 78.6 Å². The molecule has 0 saturated heterocycles. The van der Waals surface area contributed by atoms with Gasteiger partial charge in [-0.3, -0.25) is 4.79 Å². The number of nitrogens with one attached hydrogen (secondary N) is 1. The standard InChI is InChI=1S/C16H33NO2/c1-4-17-16(18)13-11-9-7-5-6-8-10-12-14-19-15(2)3/h15H,4-14H2,1-3H3,(H,17,18). The van der Waals surface area contributed by atoms with E-state index >= 15 is 0 Å². The second kappa shape index (κ2) is 13.9. The highest BCUT2D eigenvalue weighted by atomic mass is 16.5. The fourth-order valence-corrected chi connectivity index (χ4v) is 2.05. The molecule has 19 heavy (non-hydrogen) atoms. The van der Waals surface area contributed by atoms with Crippen LogP contribution in [-0.4, -0.2) is 25.2 Å². The molecule has 0 aliphatic carbocycles. The molecule has 1 N–H and O–H groups in total. The number of unbranched alkanes of at least 4 members (excludes halogenated alkanes) is 7. The Bertz CT molecular complexity index is 205. The van der Waals surface area contributed by atoms with Gasteiger partial charge in [-0.15, -0.1) is 0 Å². The van der Waals surface area contributed by atoms with Gasteiger partial charge in [0.2, 0.25) is 5.91 Å². The molecule has 3 nitrogen and oxygen atoms in total. The lowest BCUT2D eigenvalue weighted by Gasteiger charge is -2.06. The maximum atomic E-state index is 11.2. The van der Waals surface area contributed by atoms with Crippen molar-refractivity contribution >= 4 is 5.91 Å². The van der Waals surface area contributed by atoms with E-state index in [0.717, 1.165) is 19.6 Å². The SMILES string of the molecule is CCNC(=O)CCCCCCCCCCOC(C)C. The van der Waals surface area contributed by atoms with E-state index in [9.17, 15) is 4.79 Å². The summed E-state index contributed by atoms with van der Waals surface area (Å²) in [5.41, 5.74) is 0. The molecule has 0 bridgehead atoms. The van der Waals surface area contributed by atoms with Crippen molar-refractivity contribution < 1.29 is 9.53 Å². The van der Waals surface area contributed by atoms with Gasteiger partial charge in [-0.1, -0.05) is 38.5 Å². The largest absolute Gasteiger partial charge is 0.379 e. The molecule has 0 aromatic rings. The first-order valence-corrected chi connectivity index (χ1v) is 8.05. The highest BCUT2D eigenvalue weighted by molar-refractivity contribution is 5.75. The smallest absolute Gasteiger partial charge is 0.219 e. The first-order chi connectivity index (χ1) is 9.16. The van der Waals surface area contributed by atoms with Crippen molar-refractivity contribution in [2.45, 2.75) is 84.7 Å². The van der Waals surface area contributed by atoms with Crippen molar-refractivity contribution in [1.29, 1.82) is 0 Å². The molecule has 0 unspecified atom stereocenters. The molecule has 0 spiro atoms. The molecular weight excluding hydrogens is 238 g/mol. The molecule has 1 amide bonds. The zero-order valence-electron chi connectivity index (χ0n) is 13.2. The van der Waals surface area contributed by atoms with Gasteiger partial charge < -0.3 is 10.1 Å². The number of rotatable bonds is 13. The molecule has 0 aromatic carbocycles. The summed E-state index contributed by atoms with van der Waals surface area (Å²) in [6.07, 6.45) is 11.0. The van der Waals surface area contributed by atoms with Crippen molar-refractivity contribution in [3.8, 4) is 0 Å². The monoisotopic (exact) mass is 271 g/mol. The molecular formula is C16H33NO2. The van der Waals surface area contributed by atoms with Crippen LogP contribution in [-0.2, 0) is 9.53 Å². The lowest BCUT2D eigenvalue weighted by atomic mass is 10.1. The molecule has 0 radical (unpaired) electrons. The Balaban J connectivity index is 3.05. The van der Waals surface area contributed by atoms with Gasteiger partial charge in [0.1, 0.15) is 0 Å². The first-order valence-electron chi connectivity index (χ1n) is 8.05. The second-order valence-electron chi connectivity index (χ2n) is 5.45. The number of hydrogen-bond acceptors (Lipinski definition) is 2. The van der Waals surface area contributed by atoms with Gasteiger partial charge in [0.15, 0.2) is 0 Å². The van der Waals surface area contributed by atoms with Gasteiger partial charge in [-0.05, 0) is 33.6 Å². The van der Waals surface area contributed by atoms with E-state index < -0.39 is 0 Å². The molecule has 0 saturated carbocycles. The van der Waals surface area contributed by atoms with Gasteiger partial charge >= 0.3 is 0 Å². The summed E-state index contributed by atoms with van der Waals surface area (Å²) in [5, 5.41) is 2.83. The van der Waals surface area contributed by atoms with Crippen LogP contribution in [0.3, 0.4) is 0 Å². The molecule has 0 atom stereocenters. The van der Waals surface area contributed by atoms with Gasteiger partial charge in [-0.25, -0.2) is 0 Å². The molecule has 0 fully saturated rings. The average Bonchev–Trinajstić information content (AvgIpc) is 2.36. The normalized spacial score (nSPS) is 10.9. The summed E-state index contributed by atoms with van der Waals surface area (Å²) in [6, 6.07) is 0. The van der Waals surface area contributed by atoms with E-state index in [2.05, 4.69) is 19.2 Å². The predicted octanol–water partition coefficient (Wildman–Crippen LogP) is 4.06. The lowest BCUT2D eigenvalue weighted by Crippen LogP contribution is -2.21. The van der Waals surface area contributed by atoms with Crippen LogP contribution < -0.4 is 5.32 Å². The minimum Gasteiger partial charge on any atom is -0.379 e. The highest BCUT2D eigenvalue weighted by Crippen LogP contribution is 2.10. The summed E-state index contributed by atoms with van der Waals surface area (Å²) in [5.74, 6) is 0.202. The molecule has 0 rings (SSSR count). The zero-order chi connectivity index (χ0) is 14.3. The van der Waals surface area contributed by atoms with Crippen molar-refractivity contribution in [2.24, 2.45) is 0 Å². The van der Waals surface area contributed by atoms with Crippen LogP contribution in [0, 0.1) is 0 Å². The molecule has 0 aliphatic rings. The molecule has 114 valence electrons. The van der Waals surface area contributed by atoms with Crippen molar-refractivity contribution in [2.75, 3.05) is 13.2 Å². The minimum atomic E-state index is 0.202. The Labute approximate surface area is 119 Å². The number of amides is 1. The third-order valence-corrected chi connectivity index (χ3v) is 3.12. The van der Waals surface area contributed by atoms with E-state index in [1.54, 1.807) is 0 Å². The number of ether oxygens (including phenoxy) is 1. The van der Waals surface area contributed by atoms with E-state index in [1.807, 2.05) is 6.92 Å². The Hall–Kier alpha value is -0.570. The molecule has 0 aromatic heterocycles. The van der Waals surface area contributed by atoms with E-state index in [1.165, 1.54) is 44.9 Å². The van der Waals surface area contributed by atoms with Crippen LogP contribution in [0.25, 0.3) is 0 Å². The predicted molar refractivity (Wildman–Crippen MR) is 81.3 cm³/mol. The lowest BCUT2D eigenvalue weighted by molar-refractivity contribution is -0.121. The van der Waals surface area contributed by atoms with Gasteiger partial charge in [0.25, 0.3) is 0 Å². The Kier molecular flexibility index (Phi) is 13.4. The van der Waals surface area contributed by atoms with Gasteiger partial charge in [-0.2, -0.15) is 0 Å². The summed E-state index contributed by atoms with van der Waals surface area (Å²) >= 11 is 0. The number of carbonyl (C=O) groups is 1. The third kappa shape index (κ3) is 15.4. The van der Waals surface area contributed by atoms with Crippen molar-refractivity contribution in [3.05, 3.63) is 0 Å². The van der Waals surface area contributed by atoms with Crippen LogP contribution in [0.5, 0.6) is 0 Å². The maximum absolute atomic E-state index is 11.2. The number of carbonyl (C=O) groups excluding carboxylic acids is 1. The van der Waals surface area contributed by atoms with Gasteiger partial charge in [0.05, 0.1) is 6.10 Å². The van der Waals surface area contributed by atoms with Crippen LogP contribution in [0.4, 0.5) is 0 Å². The second-order valence-corrected chi connectivity index (χ2v) is 5.45.